The Hall–Kier alpha value is -3.03. The highest BCUT2D eigenvalue weighted by molar-refractivity contribution is 5.99. The zero-order valence-electron chi connectivity index (χ0n) is 16.7. The van der Waals surface area contributed by atoms with E-state index in [9.17, 15) is 22.8 Å². The highest BCUT2D eigenvalue weighted by atomic mass is 19.4. The molecule has 30 heavy (non-hydrogen) atoms. The Bertz CT molecular complexity index is 957. The average Bonchev–Trinajstić information content (AvgIpc) is 2.67. The third kappa shape index (κ3) is 5.11. The summed E-state index contributed by atoms with van der Waals surface area (Å²) in [5, 5.41) is 5.01. The molecule has 0 saturated heterocycles. The summed E-state index contributed by atoms with van der Waals surface area (Å²) in [5.74, 6) is -0.132. The molecule has 0 aromatic heterocycles. The Kier molecular flexibility index (Phi) is 6.34. The molecular weight excluding hydrogens is 397 g/mol. The molecule has 2 aromatic carbocycles. The van der Waals surface area contributed by atoms with Crippen molar-refractivity contribution >= 4 is 23.2 Å². The lowest BCUT2D eigenvalue weighted by molar-refractivity contribution is -0.137. The quantitative estimate of drug-likeness (QED) is 0.706. The van der Waals surface area contributed by atoms with Gasteiger partial charge in [0.05, 0.1) is 24.0 Å². The van der Waals surface area contributed by atoms with Crippen LogP contribution in [0.2, 0.25) is 0 Å². The van der Waals surface area contributed by atoms with Gasteiger partial charge in [-0.25, -0.2) is 0 Å². The summed E-state index contributed by atoms with van der Waals surface area (Å²) >= 11 is 0. The standard InChI is InChI=1S/C22H23F3N2O3/c1-13(28)26-19-9-6-16(22(23,24)25)12-20(19)27-21(29)11-15-5-3-4-14-10-17(30-2)7-8-18(14)15/h6-10,12,15H,3-5,11H2,1-2H3,(H,26,28)(H,27,29). The molecule has 5 nitrogen and oxygen atoms in total. The number of halogens is 3. The highest BCUT2D eigenvalue weighted by Crippen LogP contribution is 2.37. The van der Waals surface area contributed by atoms with Gasteiger partial charge in [-0.2, -0.15) is 13.2 Å². The number of hydrogen-bond donors (Lipinski definition) is 2. The maximum Gasteiger partial charge on any atom is 0.416 e. The van der Waals surface area contributed by atoms with E-state index in [1.54, 1.807) is 7.11 Å². The van der Waals surface area contributed by atoms with Crippen LogP contribution < -0.4 is 15.4 Å². The number of nitrogens with one attached hydrogen (secondary N) is 2. The van der Waals surface area contributed by atoms with Crippen molar-refractivity contribution in [2.24, 2.45) is 0 Å². The summed E-state index contributed by atoms with van der Waals surface area (Å²) in [4.78, 5) is 24.1. The van der Waals surface area contributed by atoms with Gasteiger partial charge in [0.15, 0.2) is 0 Å². The largest absolute Gasteiger partial charge is 0.497 e. The maximum atomic E-state index is 13.1. The van der Waals surface area contributed by atoms with Gasteiger partial charge in [-0.05, 0) is 66.6 Å². The Balaban J connectivity index is 1.80. The van der Waals surface area contributed by atoms with Gasteiger partial charge in [0.2, 0.25) is 11.8 Å². The first-order valence-corrected chi connectivity index (χ1v) is 9.63. The van der Waals surface area contributed by atoms with E-state index in [2.05, 4.69) is 10.6 Å². The van der Waals surface area contributed by atoms with Crippen molar-refractivity contribution in [1.82, 2.24) is 0 Å². The Labute approximate surface area is 172 Å². The van der Waals surface area contributed by atoms with E-state index in [0.29, 0.717) is 0 Å². The van der Waals surface area contributed by atoms with Crippen molar-refractivity contribution in [2.45, 2.75) is 44.7 Å². The van der Waals surface area contributed by atoms with E-state index in [0.717, 1.165) is 54.3 Å². The maximum absolute atomic E-state index is 13.1. The average molecular weight is 420 g/mol. The minimum absolute atomic E-state index is 0.0327. The fourth-order valence-electron chi connectivity index (χ4n) is 3.78. The lowest BCUT2D eigenvalue weighted by Crippen LogP contribution is -2.20. The van der Waals surface area contributed by atoms with Gasteiger partial charge in [0, 0.05) is 13.3 Å². The molecule has 2 aromatic rings. The number of rotatable bonds is 5. The molecule has 160 valence electrons. The van der Waals surface area contributed by atoms with Crippen molar-refractivity contribution in [3.63, 3.8) is 0 Å². The predicted molar refractivity (Wildman–Crippen MR) is 108 cm³/mol. The molecule has 3 rings (SSSR count). The van der Waals surface area contributed by atoms with Crippen LogP contribution in [0.1, 0.15) is 48.8 Å². The molecule has 2 amide bonds. The van der Waals surface area contributed by atoms with E-state index in [-0.39, 0.29) is 23.7 Å². The molecule has 1 atom stereocenters. The normalized spacial score (nSPS) is 15.8. The second kappa shape index (κ2) is 8.77. The summed E-state index contributed by atoms with van der Waals surface area (Å²) in [6.07, 6.45) is -1.80. The van der Waals surface area contributed by atoms with E-state index < -0.39 is 23.6 Å². The van der Waals surface area contributed by atoms with E-state index in [1.165, 1.54) is 6.92 Å². The van der Waals surface area contributed by atoms with Crippen LogP contribution in [0.3, 0.4) is 0 Å². The number of ether oxygens (including phenoxy) is 1. The van der Waals surface area contributed by atoms with Gasteiger partial charge in [0.1, 0.15) is 5.75 Å². The number of carbonyl (C=O) groups excluding carboxylic acids is 2. The van der Waals surface area contributed by atoms with Crippen LogP contribution >= 0.6 is 0 Å². The summed E-state index contributed by atoms with van der Waals surface area (Å²) < 4.78 is 44.5. The van der Waals surface area contributed by atoms with Crippen molar-refractivity contribution in [3.8, 4) is 5.75 Å². The summed E-state index contributed by atoms with van der Waals surface area (Å²) in [7, 11) is 1.59. The van der Waals surface area contributed by atoms with Crippen LogP contribution in [-0.2, 0) is 22.2 Å². The lowest BCUT2D eigenvalue weighted by atomic mass is 9.81. The minimum atomic E-state index is -4.56. The van der Waals surface area contributed by atoms with Gasteiger partial charge in [-0.3, -0.25) is 9.59 Å². The predicted octanol–water partition coefficient (Wildman–Crippen LogP) is 5.12. The number of carbonyl (C=O) groups is 2. The second-order valence-electron chi connectivity index (χ2n) is 7.35. The third-order valence-corrected chi connectivity index (χ3v) is 5.15. The molecular formula is C22H23F3N2O3. The number of amides is 2. The summed E-state index contributed by atoms with van der Waals surface area (Å²) in [5.41, 5.74) is 1.33. The monoisotopic (exact) mass is 420 g/mol. The topological polar surface area (TPSA) is 67.4 Å². The van der Waals surface area contributed by atoms with Crippen molar-refractivity contribution in [1.29, 1.82) is 0 Å². The summed E-state index contributed by atoms with van der Waals surface area (Å²) in [6.45, 7) is 1.25. The van der Waals surface area contributed by atoms with Crippen molar-refractivity contribution < 1.29 is 27.5 Å². The van der Waals surface area contributed by atoms with Gasteiger partial charge < -0.3 is 15.4 Å². The van der Waals surface area contributed by atoms with Gasteiger partial charge in [0.25, 0.3) is 0 Å². The van der Waals surface area contributed by atoms with Crippen molar-refractivity contribution in [3.05, 3.63) is 53.1 Å². The molecule has 1 unspecified atom stereocenters. The van der Waals surface area contributed by atoms with Crippen LogP contribution in [0.4, 0.5) is 24.5 Å². The van der Waals surface area contributed by atoms with Crippen LogP contribution in [0, 0.1) is 0 Å². The number of methoxy groups -OCH3 is 1. The zero-order chi connectivity index (χ0) is 21.9. The van der Waals surface area contributed by atoms with Crippen LogP contribution in [0.25, 0.3) is 0 Å². The molecule has 8 heteroatoms. The molecule has 0 radical (unpaired) electrons. The number of fused-ring (bicyclic) bond motifs is 1. The molecule has 0 fully saturated rings. The fourth-order valence-corrected chi connectivity index (χ4v) is 3.78. The highest BCUT2D eigenvalue weighted by Gasteiger charge is 2.31. The Morgan fingerprint density at radius 1 is 1.10 bits per heavy atom. The minimum Gasteiger partial charge on any atom is -0.497 e. The van der Waals surface area contributed by atoms with Gasteiger partial charge in [-0.15, -0.1) is 0 Å². The first-order chi connectivity index (χ1) is 14.2. The molecule has 0 heterocycles. The molecule has 0 saturated carbocycles. The third-order valence-electron chi connectivity index (χ3n) is 5.15. The van der Waals surface area contributed by atoms with E-state index in [4.69, 9.17) is 4.74 Å². The lowest BCUT2D eigenvalue weighted by Gasteiger charge is -2.26. The van der Waals surface area contributed by atoms with E-state index in [1.807, 2.05) is 18.2 Å². The number of hydrogen-bond acceptors (Lipinski definition) is 3. The number of aryl methyl sites for hydroxylation is 1. The fraction of sp³-hybridized carbons (Fsp3) is 0.364. The molecule has 2 N–H and O–H groups in total. The van der Waals surface area contributed by atoms with E-state index >= 15 is 0 Å². The second-order valence-corrected chi connectivity index (χ2v) is 7.35. The molecule has 0 bridgehead atoms. The Morgan fingerprint density at radius 3 is 2.53 bits per heavy atom. The first-order valence-electron chi connectivity index (χ1n) is 9.63. The summed E-state index contributed by atoms with van der Waals surface area (Å²) in [6, 6.07) is 8.59. The number of alkyl halides is 3. The number of benzene rings is 2. The zero-order valence-corrected chi connectivity index (χ0v) is 16.7. The number of anilines is 2. The molecule has 1 aliphatic carbocycles. The molecule has 0 spiro atoms. The molecule has 1 aliphatic rings. The smallest absolute Gasteiger partial charge is 0.416 e. The van der Waals surface area contributed by atoms with Crippen LogP contribution in [0.15, 0.2) is 36.4 Å². The van der Waals surface area contributed by atoms with Crippen LogP contribution in [-0.4, -0.2) is 18.9 Å². The van der Waals surface area contributed by atoms with Crippen LogP contribution in [0.5, 0.6) is 5.75 Å². The SMILES string of the molecule is COc1ccc2c(c1)CCCC2CC(=O)Nc1cc(C(F)(F)F)ccc1NC(C)=O. The molecule has 0 aliphatic heterocycles. The first kappa shape index (κ1) is 21.7. The Morgan fingerprint density at radius 2 is 1.87 bits per heavy atom. The van der Waals surface area contributed by atoms with Gasteiger partial charge in [-0.1, -0.05) is 6.07 Å². The van der Waals surface area contributed by atoms with Gasteiger partial charge >= 0.3 is 6.18 Å². The van der Waals surface area contributed by atoms with Crippen molar-refractivity contribution in [2.75, 3.05) is 17.7 Å².